The monoisotopic (exact) mass is 289 g/mol. The number of nitrogens with two attached hydrogens (primary N) is 1. The molecule has 100 valence electrons. The van der Waals surface area contributed by atoms with Crippen LogP contribution in [0.4, 0.5) is 10.3 Å². The number of nitrogens with zero attached hydrogens (tertiary/aromatic N) is 2. The molecule has 3 aromatic rings. The quantitative estimate of drug-likeness (QED) is 0.780. The zero-order valence-corrected chi connectivity index (χ0v) is 10.9. The molecule has 0 aliphatic carbocycles. The summed E-state index contributed by atoms with van der Waals surface area (Å²) in [7, 11) is 0. The summed E-state index contributed by atoms with van der Waals surface area (Å²) in [5.41, 5.74) is 7.27. The van der Waals surface area contributed by atoms with E-state index >= 15 is 0 Å². The predicted octanol–water partition coefficient (Wildman–Crippen LogP) is 3.78. The van der Waals surface area contributed by atoms with E-state index in [1.165, 1.54) is 6.07 Å². The van der Waals surface area contributed by atoms with Crippen LogP contribution in [0.5, 0.6) is 0 Å². The molecule has 0 fully saturated rings. The standard InChI is InChI=1S/C14H9ClFN3O/c15-9-5-3-4-8(12(9)16)11-13(19-20-14(11)17)10-6-1-2-7-18-10/h1-7H,17H2. The minimum atomic E-state index is -0.568. The van der Waals surface area contributed by atoms with Crippen LogP contribution >= 0.6 is 11.6 Å². The molecule has 0 spiro atoms. The number of benzene rings is 1. The van der Waals surface area contributed by atoms with Gasteiger partial charge in [-0.3, -0.25) is 4.98 Å². The molecule has 4 nitrogen and oxygen atoms in total. The molecule has 0 atom stereocenters. The lowest BCUT2D eigenvalue weighted by Gasteiger charge is -2.04. The van der Waals surface area contributed by atoms with E-state index in [0.717, 1.165) is 0 Å². The third-order valence-corrected chi connectivity index (χ3v) is 3.14. The van der Waals surface area contributed by atoms with Crippen molar-refractivity contribution in [3.8, 4) is 22.5 Å². The average Bonchev–Trinajstić information content (AvgIpc) is 2.85. The number of aromatic nitrogens is 2. The van der Waals surface area contributed by atoms with Crippen molar-refractivity contribution in [2.45, 2.75) is 0 Å². The highest BCUT2D eigenvalue weighted by Gasteiger charge is 2.21. The van der Waals surface area contributed by atoms with Crippen LogP contribution in [0.1, 0.15) is 0 Å². The topological polar surface area (TPSA) is 64.9 Å². The third kappa shape index (κ3) is 2.02. The zero-order valence-electron chi connectivity index (χ0n) is 10.2. The van der Waals surface area contributed by atoms with Gasteiger partial charge in [-0.15, -0.1) is 0 Å². The maximum Gasteiger partial charge on any atom is 0.230 e. The molecule has 0 saturated heterocycles. The third-order valence-electron chi connectivity index (χ3n) is 2.85. The first kappa shape index (κ1) is 12.6. The van der Waals surface area contributed by atoms with Crippen molar-refractivity contribution in [2.75, 3.05) is 5.73 Å². The molecule has 1 aromatic carbocycles. The molecule has 0 bridgehead atoms. The highest BCUT2D eigenvalue weighted by atomic mass is 35.5. The predicted molar refractivity (Wildman–Crippen MR) is 74.6 cm³/mol. The highest BCUT2D eigenvalue weighted by Crippen LogP contribution is 2.38. The largest absolute Gasteiger partial charge is 0.367 e. The van der Waals surface area contributed by atoms with Crippen LogP contribution in [0.2, 0.25) is 5.02 Å². The van der Waals surface area contributed by atoms with Crippen molar-refractivity contribution in [1.82, 2.24) is 10.1 Å². The Balaban J connectivity index is 2.25. The smallest absolute Gasteiger partial charge is 0.230 e. The van der Waals surface area contributed by atoms with E-state index in [2.05, 4.69) is 10.1 Å². The Bertz CT molecular complexity index is 758. The molecule has 0 saturated carbocycles. The number of pyridine rings is 1. The molecule has 3 rings (SSSR count). The van der Waals surface area contributed by atoms with Crippen molar-refractivity contribution in [2.24, 2.45) is 0 Å². The maximum absolute atomic E-state index is 14.2. The second kappa shape index (κ2) is 4.94. The van der Waals surface area contributed by atoms with Gasteiger partial charge in [0.15, 0.2) is 0 Å². The number of hydrogen-bond acceptors (Lipinski definition) is 4. The maximum atomic E-state index is 14.2. The SMILES string of the molecule is Nc1onc(-c2ccccn2)c1-c1cccc(Cl)c1F. The number of anilines is 1. The summed E-state index contributed by atoms with van der Waals surface area (Å²) in [4.78, 5) is 4.17. The molecule has 6 heteroatoms. The number of halogens is 2. The molecular weight excluding hydrogens is 281 g/mol. The Morgan fingerprint density at radius 2 is 2.00 bits per heavy atom. The van der Waals surface area contributed by atoms with Gasteiger partial charge < -0.3 is 10.3 Å². The number of hydrogen-bond donors (Lipinski definition) is 1. The van der Waals surface area contributed by atoms with E-state index in [0.29, 0.717) is 17.0 Å². The van der Waals surface area contributed by atoms with Gasteiger partial charge in [0.2, 0.25) is 5.88 Å². The number of nitrogen functional groups attached to an aromatic ring is 1. The van der Waals surface area contributed by atoms with E-state index in [9.17, 15) is 4.39 Å². The molecule has 0 radical (unpaired) electrons. The van der Waals surface area contributed by atoms with Gasteiger partial charge in [-0.25, -0.2) is 4.39 Å². The first-order valence-electron chi connectivity index (χ1n) is 5.79. The van der Waals surface area contributed by atoms with Crippen LogP contribution in [0.3, 0.4) is 0 Å². The Morgan fingerprint density at radius 3 is 2.75 bits per heavy atom. The van der Waals surface area contributed by atoms with Crippen molar-refractivity contribution < 1.29 is 8.91 Å². The lowest BCUT2D eigenvalue weighted by atomic mass is 10.0. The van der Waals surface area contributed by atoms with Crippen LogP contribution in [-0.4, -0.2) is 10.1 Å². The van der Waals surface area contributed by atoms with Gasteiger partial charge in [0.05, 0.1) is 16.3 Å². The lowest BCUT2D eigenvalue weighted by molar-refractivity contribution is 0.439. The summed E-state index contributed by atoms with van der Waals surface area (Å²) in [6, 6.07) is 9.97. The van der Waals surface area contributed by atoms with E-state index in [1.807, 2.05) is 0 Å². The van der Waals surface area contributed by atoms with Crippen molar-refractivity contribution >= 4 is 17.5 Å². The second-order valence-corrected chi connectivity index (χ2v) is 4.49. The lowest BCUT2D eigenvalue weighted by Crippen LogP contribution is -1.92. The summed E-state index contributed by atoms with van der Waals surface area (Å²) in [5.74, 6) is -0.548. The van der Waals surface area contributed by atoms with Crippen LogP contribution < -0.4 is 5.73 Å². The molecule has 0 aliphatic heterocycles. The summed E-state index contributed by atoms with van der Waals surface area (Å²) in [5, 5.41) is 3.87. The molecule has 0 amide bonds. The highest BCUT2D eigenvalue weighted by molar-refractivity contribution is 6.31. The van der Waals surface area contributed by atoms with Gasteiger partial charge in [0.1, 0.15) is 11.5 Å². The van der Waals surface area contributed by atoms with Gasteiger partial charge in [0.25, 0.3) is 0 Å². The summed E-state index contributed by atoms with van der Waals surface area (Å²) in [6.07, 6.45) is 1.61. The van der Waals surface area contributed by atoms with Gasteiger partial charge in [0, 0.05) is 11.8 Å². The Kier molecular flexibility index (Phi) is 3.12. The van der Waals surface area contributed by atoms with Crippen molar-refractivity contribution in [3.63, 3.8) is 0 Å². The fourth-order valence-corrected chi connectivity index (χ4v) is 2.11. The number of rotatable bonds is 2. The molecule has 2 aromatic heterocycles. The second-order valence-electron chi connectivity index (χ2n) is 4.09. The molecule has 0 aliphatic rings. The minimum Gasteiger partial charge on any atom is -0.367 e. The summed E-state index contributed by atoms with van der Waals surface area (Å²) in [6.45, 7) is 0. The van der Waals surface area contributed by atoms with E-state index in [4.69, 9.17) is 21.9 Å². The summed E-state index contributed by atoms with van der Waals surface area (Å²) >= 11 is 5.80. The van der Waals surface area contributed by atoms with Crippen LogP contribution in [0.15, 0.2) is 47.1 Å². The molecule has 2 heterocycles. The van der Waals surface area contributed by atoms with Gasteiger partial charge >= 0.3 is 0 Å². The van der Waals surface area contributed by atoms with E-state index < -0.39 is 5.82 Å². The first-order valence-corrected chi connectivity index (χ1v) is 6.17. The van der Waals surface area contributed by atoms with Crippen LogP contribution in [0, 0.1) is 5.82 Å². The van der Waals surface area contributed by atoms with Gasteiger partial charge in [-0.05, 0) is 18.2 Å². The molecular formula is C14H9ClFN3O. The van der Waals surface area contributed by atoms with Crippen LogP contribution in [0.25, 0.3) is 22.5 Å². The molecule has 2 N–H and O–H groups in total. The van der Waals surface area contributed by atoms with Crippen LogP contribution in [-0.2, 0) is 0 Å². The molecule has 0 unspecified atom stereocenters. The van der Waals surface area contributed by atoms with E-state index in [1.54, 1.807) is 36.5 Å². The van der Waals surface area contributed by atoms with Crippen molar-refractivity contribution in [1.29, 1.82) is 0 Å². The van der Waals surface area contributed by atoms with Gasteiger partial charge in [-0.1, -0.05) is 35.0 Å². The van der Waals surface area contributed by atoms with E-state index in [-0.39, 0.29) is 16.5 Å². The Labute approximate surface area is 119 Å². The molecule has 20 heavy (non-hydrogen) atoms. The van der Waals surface area contributed by atoms with Gasteiger partial charge in [-0.2, -0.15) is 0 Å². The first-order chi connectivity index (χ1) is 9.68. The average molecular weight is 290 g/mol. The minimum absolute atomic E-state index is 0.00932. The fraction of sp³-hybridized carbons (Fsp3) is 0. The zero-order chi connectivity index (χ0) is 14.1. The fourth-order valence-electron chi connectivity index (χ4n) is 1.94. The normalized spacial score (nSPS) is 10.7. The van der Waals surface area contributed by atoms with Crippen molar-refractivity contribution in [3.05, 3.63) is 53.4 Å². The summed E-state index contributed by atoms with van der Waals surface area (Å²) < 4.78 is 19.1. The Morgan fingerprint density at radius 1 is 1.15 bits per heavy atom. The Hall–Kier alpha value is -2.40.